The second-order valence-electron chi connectivity index (χ2n) is 9.02. The highest BCUT2D eigenvalue weighted by Gasteiger charge is 2.30. The van der Waals surface area contributed by atoms with Crippen molar-refractivity contribution in [2.24, 2.45) is 5.92 Å². The van der Waals surface area contributed by atoms with Gasteiger partial charge >= 0.3 is 0 Å². The van der Waals surface area contributed by atoms with Gasteiger partial charge < -0.3 is 20.0 Å². The molecular weight excluding hydrogens is 447 g/mol. The summed E-state index contributed by atoms with van der Waals surface area (Å²) in [5, 5.41) is 2.87. The van der Waals surface area contributed by atoms with E-state index in [2.05, 4.69) is 16.8 Å². The summed E-state index contributed by atoms with van der Waals surface area (Å²) < 4.78 is 13.4. The Kier molecular flexibility index (Phi) is 7.80. The highest BCUT2D eigenvalue weighted by atomic mass is 19.1. The van der Waals surface area contributed by atoms with Gasteiger partial charge in [0.2, 0.25) is 11.8 Å². The lowest BCUT2D eigenvalue weighted by atomic mass is 9.84. The van der Waals surface area contributed by atoms with Crippen LogP contribution in [0.3, 0.4) is 0 Å². The normalized spacial score (nSPS) is 15.8. The fraction of sp³-hybridized carbons (Fsp3) is 0.370. The van der Waals surface area contributed by atoms with Crippen molar-refractivity contribution >= 4 is 29.1 Å². The fourth-order valence-electron chi connectivity index (χ4n) is 4.40. The Morgan fingerprint density at radius 2 is 1.77 bits per heavy atom. The summed E-state index contributed by atoms with van der Waals surface area (Å²) >= 11 is 0. The second kappa shape index (κ2) is 11.2. The van der Waals surface area contributed by atoms with Crippen molar-refractivity contribution in [1.29, 1.82) is 0 Å². The van der Waals surface area contributed by atoms with Crippen LogP contribution in [0.4, 0.5) is 15.8 Å². The van der Waals surface area contributed by atoms with E-state index in [4.69, 9.17) is 0 Å². The molecule has 0 unspecified atom stereocenters. The minimum atomic E-state index is -0.417. The van der Waals surface area contributed by atoms with Crippen LogP contribution in [0.1, 0.15) is 29.6 Å². The first-order valence-electron chi connectivity index (χ1n) is 12.0. The molecule has 0 aromatic heterocycles. The molecule has 8 heteroatoms. The molecule has 0 spiro atoms. The molecule has 1 saturated heterocycles. The lowest BCUT2D eigenvalue weighted by molar-refractivity contribution is -0.140. The Morgan fingerprint density at radius 1 is 1.06 bits per heavy atom. The maximum absolute atomic E-state index is 13.4. The largest absolute Gasteiger partial charge is 0.368 e. The quantitative estimate of drug-likeness (QED) is 0.589. The monoisotopic (exact) mass is 478 g/mol. The van der Waals surface area contributed by atoms with Gasteiger partial charge in [-0.25, -0.2) is 4.39 Å². The van der Waals surface area contributed by atoms with Crippen LogP contribution in [0, 0.1) is 11.7 Å². The van der Waals surface area contributed by atoms with Crippen LogP contribution in [-0.4, -0.2) is 66.8 Å². The standard InChI is InChI=1S/C27H31FN4O3/c1-2-13-32(26(34)20-5-3-6-20)19-25(33)29-23-9-11-24(12-10-23)30-14-16-31(17-15-30)27(35)21-7-4-8-22(28)18-21/h2,4,7-12,18,20H,1,3,5-6,13-17,19H2,(H,29,33). The number of amides is 3. The van der Waals surface area contributed by atoms with E-state index in [0.29, 0.717) is 44.0 Å². The number of benzene rings is 2. The summed E-state index contributed by atoms with van der Waals surface area (Å²) in [5.41, 5.74) is 2.02. The van der Waals surface area contributed by atoms with Gasteiger partial charge in [0.15, 0.2) is 0 Å². The average molecular weight is 479 g/mol. The SMILES string of the molecule is C=CCN(CC(=O)Nc1ccc(N2CCN(C(=O)c3cccc(F)c3)CC2)cc1)C(=O)C1CCC1. The molecule has 1 aliphatic heterocycles. The van der Waals surface area contributed by atoms with Crippen molar-refractivity contribution in [3.05, 3.63) is 72.6 Å². The molecule has 1 aliphatic carbocycles. The predicted molar refractivity (Wildman–Crippen MR) is 134 cm³/mol. The summed E-state index contributed by atoms with van der Waals surface area (Å²) in [4.78, 5) is 43.2. The average Bonchev–Trinajstić information content (AvgIpc) is 2.83. The molecule has 35 heavy (non-hydrogen) atoms. The maximum Gasteiger partial charge on any atom is 0.254 e. The Labute approximate surface area is 205 Å². The molecule has 2 aromatic carbocycles. The third kappa shape index (κ3) is 6.07. The Bertz CT molecular complexity index is 1080. The maximum atomic E-state index is 13.4. The lowest BCUT2D eigenvalue weighted by Crippen LogP contribution is -2.48. The van der Waals surface area contributed by atoms with E-state index in [1.165, 1.54) is 12.1 Å². The molecule has 184 valence electrons. The summed E-state index contributed by atoms with van der Waals surface area (Å²) in [7, 11) is 0. The van der Waals surface area contributed by atoms with Crippen LogP contribution in [0.15, 0.2) is 61.2 Å². The first kappa shape index (κ1) is 24.4. The van der Waals surface area contributed by atoms with Crippen molar-refractivity contribution in [3.8, 4) is 0 Å². The van der Waals surface area contributed by atoms with Gasteiger partial charge in [0, 0.05) is 55.6 Å². The number of hydrogen-bond acceptors (Lipinski definition) is 4. The number of nitrogens with zero attached hydrogens (tertiary/aromatic N) is 3. The highest BCUT2D eigenvalue weighted by Crippen LogP contribution is 2.28. The Hall–Kier alpha value is -3.68. The molecule has 1 saturated carbocycles. The van der Waals surface area contributed by atoms with E-state index >= 15 is 0 Å². The minimum absolute atomic E-state index is 0.00437. The topological polar surface area (TPSA) is 73.0 Å². The van der Waals surface area contributed by atoms with Gasteiger partial charge in [-0.05, 0) is 55.3 Å². The van der Waals surface area contributed by atoms with Gasteiger partial charge in [0.25, 0.3) is 5.91 Å². The van der Waals surface area contributed by atoms with Crippen molar-refractivity contribution in [3.63, 3.8) is 0 Å². The first-order chi connectivity index (χ1) is 16.9. The van der Waals surface area contributed by atoms with Crippen LogP contribution in [0.5, 0.6) is 0 Å². The van der Waals surface area contributed by atoms with Crippen LogP contribution in [-0.2, 0) is 9.59 Å². The van der Waals surface area contributed by atoms with E-state index in [0.717, 1.165) is 24.9 Å². The number of anilines is 2. The van der Waals surface area contributed by atoms with Gasteiger partial charge in [0.1, 0.15) is 12.4 Å². The number of hydrogen-bond donors (Lipinski definition) is 1. The van der Waals surface area contributed by atoms with Crippen LogP contribution < -0.4 is 10.2 Å². The first-order valence-corrected chi connectivity index (χ1v) is 12.0. The number of carbonyl (C=O) groups is 3. The van der Waals surface area contributed by atoms with E-state index in [9.17, 15) is 18.8 Å². The number of halogens is 1. The molecule has 0 bridgehead atoms. The number of rotatable bonds is 8. The molecule has 3 amide bonds. The van der Waals surface area contributed by atoms with Gasteiger partial charge in [-0.2, -0.15) is 0 Å². The Morgan fingerprint density at radius 3 is 2.37 bits per heavy atom. The van der Waals surface area contributed by atoms with Crippen LogP contribution in [0.2, 0.25) is 0 Å². The predicted octanol–water partition coefficient (Wildman–Crippen LogP) is 3.54. The summed E-state index contributed by atoms with van der Waals surface area (Å²) in [6.07, 6.45) is 4.49. The molecular formula is C27H31FN4O3. The number of piperazine rings is 1. The lowest BCUT2D eigenvalue weighted by Gasteiger charge is -2.36. The van der Waals surface area contributed by atoms with Gasteiger partial charge in [-0.1, -0.05) is 18.6 Å². The third-order valence-corrected chi connectivity index (χ3v) is 6.60. The van der Waals surface area contributed by atoms with Crippen molar-refractivity contribution < 1.29 is 18.8 Å². The molecule has 2 fully saturated rings. The fourth-order valence-corrected chi connectivity index (χ4v) is 4.40. The number of nitrogens with one attached hydrogen (secondary N) is 1. The van der Waals surface area contributed by atoms with Crippen LogP contribution >= 0.6 is 0 Å². The van der Waals surface area contributed by atoms with Gasteiger partial charge in [0.05, 0.1) is 0 Å². The molecule has 2 aliphatic rings. The number of carbonyl (C=O) groups excluding carboxylic acids is 3. The van der Waals surface area contributed by atoms with Gasteiger partial charge in [-0.15, -0.1) is 6.58 Å². The zero-order valence-corrected chi connectivity index (χ0v) is 19.8. The Balaban J connectivity index is 1.28. The van der Waals surface area contributed by atoms with Crippen molar-refractivity contribution in [2.75, 3.05) is 49.5 Å². The molecule has 1 N–H and O–H groups in total. The molecule has 0 atom stereocenters. The van der Waals surface area contributed by atoms with E-state index in [-0.39, 0.29) is 30.2 Å². The molecule has 4 rings (SSSR count). The van der Waals surface area contributed by atoms with Crippen LogP contribution in [0.25, 0.3) is 0 Å². The minimum Gasteiger partial charge on any atom is -0.368 e. The molecule has 7 nitrogen and oxygen atoms in total. The third-order valence-electron chi connectivity index (χ3n) is 6.60. The zero-order valence-electron chi connectivity index (χ0n) is 19.8. The molecule has 0 radical (unpaired) electrons. The summed E-state index contributed by atoms with van der Waals surface area (Å²) in [6, 6.07) is 13.3. The summed E-state index contributed by atoms with van der Waals surface area (Å²) in [5.74, 6) is -0.761. The molecule has 1 heterocycles. The van der Waals surface area contributed by atoms with E-state index in [1.807, 2.05) is 24.3 Å². The molecule has 2 aromatic rings. The van der Waals surface area contributed by atoms with Crippen molar-refractivity contribution in [1.82, 2.24) is 9.80 Å². The zero-order chi connectivity index (χ0) is 24.8. The van der Waals surface area contributed by atoms with Gasteiger partial charge in [-0.3, -0.25) is 14.4 Å². The smallest absolute Gasteiger partial charge is 0.254 e. The van der Waals surface area contributed by atoms with E-state index < -0.39 is 5.82 Å². The summed E-state index contributed by atoms with van der Waals surface area (Å²) in [6.45, 7) is 6.46. The van der Waals surface area contributed by atoms with Crippen molar-refractivity contribution in [2.45, 2.75) is 19.3 Å². The highest BCUT2D eigenvalue weighted by molar-refractivity contribution is 5.95. The second-order valence-corrected chi connectivity index (χ2v) is 9.02. The van der Waals surface area contributed by atoms with E-state index in [1.54, 1.807) is 28.0 Å².